The molecule has 6 nitrogen and oxygen atoms in total. The van der Waals surface area contributed by atoms with E-state index in [9.17, 15) is 0 Å². The zero-order valence-corrected chi connectivity index (χ0v) is 14.0. The van der Waals surface area contributed by atoms with E-state index in [0.717, 1.165) is 37.0 Å². The lowest BCUT2D eigenvalue weighted by molar-refractivity contribution is -0.0370. The average molecular weight is 316 g/mol. The number of benzene rings is 1. The van der Waals surface area contributed by atoms with E-state index in [-0.39, 0.29) is 12.2 Å². The molecular weight excluding hydrogens is 292 g/mol. The van der Waals surface area contributed by atoms with Gasteiger partial charge in [0, 0.05) is 19.6 Å². The number of H-pyrrole nitrogens is 1. The maximum absolute atomic E-state index is 5.80. The average Bonchev–Trinajstić information content (AvgIpc) is 2.96. The highest BCUT2D eigenvalue weighted by Gasteiger charge is 2.25. The first-order chi connectivity index (χ1) is 11.1. The predicted octanol–water partition coefficient (Wildman–Crippen LogP) is 2.47. The van der Waals surface area contributed by atoms with Gasteiger partial charge < -0.3 is 9.47 Å². The highest BCUT2D eigenvalue weighted by Crippen LogP contribution is 2.21. The van der Waals surface area contributed by atoms with Crippen molar-refractivity contribution in [3.63, 3.8) is 0 Å². The second-order valence-corrected chi connectivity index (χ2v) is 6.18. The minimum Gasteiger partial charge on any atom is -0.491 e. The van der Waals surface area contributed by atoms with Crippen molar-refractivity contribution in [2.24, 2.45) is 0 Å². The zero-order chi connectivity index (χ0) is 16.2. The Balaban J connectivity index is 1.59. The van der Waals surface area contributed by atoms with E-state index >= 15 is 0 Å². The topological polar surface area (TPSA) is 63.3 Å². The molecule has 0 radical (unpaired) electrons. The Labute approximate surface area is 136 Å². The van der Waals surface area contributed by atoms with E-state index < -0.39 is 0 Å². The van der Waals surface area contributed by atoms with Crippen LogP contribution in [0.5, 0.6) is 5.75 Å². The Morgan fingerprint density at radius 3 is 2.78 bits per heavy atom. The third-order valence-corrected chi connectivity index (χ3v) is 3.75. The Bertz CT molecular complexity index is 624. The van der Waals surface area contributed by atoms with Gasteiger partial charge in [0.05, 0.1) is 12.7 Å². The molecule has 1 N–H and O–H groups in total. The summed E-state index contributed by atoms with van der Waals surface area (Å²) in [4.78, 5) is 6.75. The van der Waals surface area contributed by atoms with E-state index in [4.69, 9.17) is 9.47 Å². The van der Waals surface area contributed by atoms with Crippen LogP contribution >= 0.6 is 0 Å². The van der Waals surface area contributed by atoms with E-state index in [1.165, 1.54) is 5.56 Å². The highest BCUT2D eigenvalue weighted by atomic mass is 16.5. The lowest BCUT2D eigenvalue weighted by Crippen LogP contribution is -2.38. The molecule has 6 heteroatoms. The van der Waals surface area contributed by atoms with Crippen molar-refractivity contribution in [2.45, 2.75) is 39.5 Å². The van der Waals surface area contributed by atoms with Gasteiger partial charge in [-0.15, -0.1) is 0 Å². The molecule has 0 aliphatic carbocycles. The van der Waals surface area contributed by atoms with Gasteiger partial charge in [0.2, 0.25) is 0 Å². The summed E-state index contributed by atoms with van der Waals surface area (Å²) in [6.07, 6.45) is 0.142. The molecule has 0 spiro atoms. The van der Waals surface area contributed by atoms with Crippen molar-refractivity contribution in [3.8, 4) is 5.75 Å². The molecule has 0 saturated carbocycles. The summed E-state index contributed by atoms with van der Waals surface area (Å²) in [5.74, 6) is 2.48. The largest absolute Gasteiger partial charge is 0.491 e. The number of aryl methyl sites for hydroxylation is 1. The van der Waals surface area contributed by atoms with Crippen LogP contribution in [0.15, 0.2) is 24.3 Å². The monoisotopic (exact) mass is 316 g/mol. The molecular formula is C17H24N4O2. The van der Waals surface area contributed by atoms with Crippen LogP contribution in [0.4, 0.5) is 0 Å². The quantitative estimate of drug-likeness (QED) is 0.918. The maximum Gasteiger partial charge on any atom is 0.180 e. The van der Waals surface area contributed by atoms with Crippen LogP contribution in [-0.2, 0) is 11.3 Å². The highest BCUT2D eigenvalue weighted by molar-refractivity contribution is 5.27. The minimum absolute atomic E-state index is 0.0581. The first-order valence-electron chi connectivity index (χ1n) is 8.08. The number of aromatic nitrogens is 3. The lowest BCUT2D eigenvalue weighted by atomic mass is 10.1. The molecule has 1 aromatic carbocycles. The van der Waals surface area contributed by atoms with Gasteiger partial charge >= 0.3 is 0 Å². The molecule has 0 unspecified atom stereocenters. The summed E-state index contributed by atoms with van der Waals surface area (Å²) < 4.78 is 11.5. The fourth-order valence-corrected chi connectivity index (χ4v) is 2.71. The Kier molecular flexibility index (Phi) is 4.93. The van der Waals surface area contributed by atoms with E-state index in [0.29, 0.717) is 6.61 Å². The third-order valence-electron chi connectivity index (χ3n) is 3.75. The molecule has 1 saturated heterocycles. The van der Waals surface area contributed by atoms with Crippen LogP contribution in [0.3, 0.4) is 0 Å². The molecule has 2 heterocycles. The first kappa shape index (κ1) is 16.0. The number of ether oxygens (including phenoxy) is 2. The van der Waals surface area contributed by atoms with Gasteiger partial charge in [-0.25, -0.2) is 4.98 Å². The zero-order valence-electron chi connectivity index (χ0n) is 14.0. The number of nitrogens with one attached hydrogen (secondary N) is 1. The van der Waals surface area contributed by atoms with E-state index in [2.05, 4.69) is 32.2 Å². The number of hydrogen-bond acceptors (Lipinski definition) is 5. The van der Waals surface area contributed by atoms with Crippen molar-refractivity contribution < 1.29 is 9.47 Å². The summed E-state index contributed by atoms with van der Waals surface area (Å²) in [6.45, 7) is 9.29. The molecule has 0 amide bonds. The summed E-state index contributed by atoms with van der Waals surface area (Å²) in [5.41, 5.74) is 1.27. The normalized spacial score (nSPS) is 19.2. The van der Waals surface area contributed by atoms with Gasteiger partial charge in [0.1, 0.15) is 17.7 Å². The Hall–Kier alpha value is -1.92. The van der Waals surface area contributed by atoms with E-state index in [1.807, 2.05) is 32.9 Å². The van der Waals surface area contributed by atoms with Gasteiger partial charge in [0.15, 0.2) is 5.82 Å². The van der Waals surface area contributed by atoms with Crippen molar-refractivity contribution in [1.29, 1.82) is 0 Å². The molecule has 1 fully saturated rings. The molecule has 2 aromatic rings. The smallest absolute Gasteiger partial charge is 0.180 e. The summed E-state index contributed by atoms with van der Waals surface area (Å²) >= 11 is 0. The molecule has 0 bridgehead atoms. The fraction of sp³-hybridized carbons (Fsp3) is 0.529. The number of hydrogen-bond donors (Lipinski definition) is 1. The molecule has 1 aliphatic rings. The predicted molar refractivity (Wildman–Crippen MR) is 87.3 cm³/mol. The van der Waals surface area contributed by atoms with Crippen LogP contribution in [0, 0.1) is 6.92 Å². The molecule has 23 heavy (non-hydrogen) atoms. The Morgan fingerprint density at radius 1 is 1.35 bits per heavy atom. The maximum atomic E-state index is 5.80. The summed E-state index contributed by atoms with van der Waals surface area (Å²) in [5, 5.41) is 7.09. The standard InChI is InChI=1S/C17H24N4O2/c1-12(2)23-15-6-4-14(5-7-15)10-21-8-9-22-16(11-21)17-18-13(3)19-20-17/h4-7,12,16H,8-11H2,1-3H3,(H,18,19,20)/t16-/m1/s1. The fourth-order valence-electron chi connectivity index (χ4n) is 2.71. The molecule has 3 rings (SSSR count). The molecule has 124 valence electrons. The number of morpholine rings is 1. The molecule has 1 atom stereocenters. The van der Waals surface area contributed by atoms with Crippen molar-refractivity contribution in [2.75, 3.05) is 19.7 Å². The van der Waals surface area contributed by atoms with Crippen molar-refractivity contribution in [1.82, 2.24) is 20.1 Å². The van der Waals surface area contributed by atoms with Gasteiger partial charge in [0.25, 0.3) is 0 Å². The number of aromatic amines is 1. The van der Waals surface area contributed by atoms with Gasteiger partial charge in [-0.3, -0.25) is 10.00 Å². The first-order valence-corrected chi connectivity index (χ1v) is 8.08. The number of rotatable bonds is 5. The van der Waals surface area contributed by atoms with Crippen LogP contribution < -0.4 is 4.74 Å². The number of nitrogens with zero attached hydrogens (tertiary/aromatic N) is 3. The molecule has 1 aromatic heterocycles. The van der Waals surface area contributed by atoms with Crippen LogP contribution in [0.25, 0.3) is 0 Å². The van der Waals surface area contributed by atoms with Gasteiger partial charge in [-0.2, -0.15) is 5.10 Å². The SMILES string of the molecule is Cc1nc([C@H]2CN(Cc3ccc(OC(C)C)cc3)CCO2)n[nH]1. The summed E-state index contributed by atoms with van der Waals surface area (Å²) in [6, 6.07) is 8.32. The van der Waals surface area contributed by atoms with Crippen LogP contribution in [0.2, 0.25) is 0 Å². The summed E-state index contributed by atoms with van der Waals surface area (Å²) in [7, 11) is 0. The van der Waals surface area contributed by atoms with Gasteiger partial charge in [-0.05, 0) is 38.5 Å². The van der Waals surface area contributed by atoms with Crippen molar-refractivity contribution >= 4 is 0 Å². The second kappa shape index (κ2) is 7.10. The second-order valence-electron chi connectivity index (χ2n) is 6.18. The van der Waals surface area contributed by atoms with E-state index in [1.54, 1.807) is 0 Å². The lowest BCUT2D eigenvalue weighted by Gasteiger charge is -2.31. The van der Waals surface area contributed by atoms with Crippen LogP contribution in [0.1, 0.15) is 37.2 Å². The minimum atomic E-state index is -0.0581. The van der Waals surface area contributed by atoms with Crippen molar-refractivity contribution in [3.05, 3.63) is 41.5 Å². The third kappa shape index (κ3) is 4.30. The molecule has 1 aliphatic heterocycles. The van der Waals surface area contributed by atoms with Crippen LogP contribution in [-0.4, -0.2) is 45.9 Å². The van der Waals surface area contributed by atoms with Gasteiger partial charge in [-0.1, -0.05) is 12.1 Å². The Morgan fingerprint density at radius 2 is 2.13 bits per heavy atom.